The van der Waals surface area contributed by atoms with Gasteiger partial charge in [-0.3, -0.25) is 4.79 Å². The normalized spacial score (nSPS) is 18.6. The van der Waals surface area contributed by atoms with Gasteiger partial charge < -0.3 is 10.6 Å². The number of halogens is 4. The Bertz CT molecular complexity index is 1060. The average molecular weight is 455 g/mol. The lowest BCUT2D eigenvalue weighted by atomic mass is 10.0. The summed E-state index contributed by atoms with van der Waals surface area (Å²) in [5.41, 5.74) is 1.23. The van der Waals surface area contributed by atoms with Gasteiger partial charge in [0.15, 0.2) is 11.7 Å². The molecule has 0 saturated heterocycles. The standard InChI is InChI=1S/C20H18ClF3N4OS/c1-2-11-6-3-4-7-12(11)26-19(29)17-16(21)18-25-13(14-8-5-9-30-14)10-15(20(22,23)24)28(18)27-17/h3-9,13,15,25H,2,10H2,1H3,(H,26,29). The molecule has 2 atom stereocenters. The van der Waals surface area contributed by atoms with Gasteiger partial charge in [-0.15, -0.1) is 11.3 Å². The first-order chi connectivity index (χ1) is 14.3. The molecule has 1 aliphatic heterocycles. The molecule has 4 rings (SSSR count). The van der Waals surface area contributed by atoms with Crippen molar-refractivity contribution in [1.29, 1.82) is 0 Å². The average Bonchev–Trinajstić information content (AvgIpc) is 3.35. The van der Waals surface area contributed by atoms with Crippen LogP contribution >= 0.6 is 22.9 Å². The Balaban J connectivity index is 1.70. The molecule has 1 aromatic carbocycles. The number of anilines is 2. The molecule has 0 radical (unpaired) electrons. The number of nitrogens with one attached hydrogen (secondary N) is 2. The molecule has 2 N–H and O–H groups in total. The summed E-state index contributed by atoms with van der Waals surface area (Å²) >= 11 is 7.71. The lowest BCUT2D eigenvalue weighted by Crippen LogP contribution is -2.35. The van der Waals surface area contributed by atoms with E-state index < -0.39 is 24.2 Å². The fourth-order valence-electron chi connectivity index (χ4n) is 3.54. The number of carbonyl (C=O) groups excluding carboxylic acids is 1. The second-order valence-corrected chi connectivity index (χ2v) is 8.28. The first-order valence-corrected chi connectivity index (χ1v) is 10.6. The van der Waals surface area contributed by atoms with Gasteiger partial charge in [0.25, 0.3) is 5.91 Å². The molecular formula is C20H18ClF3N4OS. The minimum atomic E-state index is -4.54. The molecule has 2 unspecified atom stereocenters. The van der Waals surface area contributed by atoms with Crippen molar-refractivity contribution in [2.45, 2.75) is 38.0 Å². The van der Waals surface area contributed by atoms with Crippen LogP contribution in [0.2, 0.25) is 5.02 Å². The summed E-state index contributed by atoms with van der Waals surface area (Å²) in [4.78, 5) is 13.6. The highest BCUT2D eigenvalue weighted by atomic mass is 35.5. The second kappa shape index (κ2) is 7.96. The van der Waals surface area contributed by atoms with Gasteiger partial charge in [-0.25, -0.2) is 4.68 Å². The molecule has 5 nitrogen and oxygen atoms in total. The zero-order valence-corrected chi connectivity index (χ0v) is 17.4. The molecule has 3 heterocycles. The van der Waals surface area contributed by atoms with Gasteiger partial charge in [-0.2, -0.15) is 18.3 Å². The lowest BCUT2D eigenvalue weighted by Gasteiger charge is -2.32. The Labute approximate surface area is 179 Å². The number of aromatic nitrogens is 2. The molecule has 10 heteroatoms. The minimum Gasteiger partial charge on any atom is -0.361 e. The van der Waals surface area contributed by atoms with Crippen molar-refractivity contribution < 1.29 is 18.0 Å². The molecule has 0 bridgehead atoms. The maximum absolute atomic E-state index is 13.8. The SMILES string of the molecule is CCc1ccccc1NC(=O)c1nn2c(c1Cl)NC(c1cccs1)CC2C(F)(F)F. The van der Waals surface area contributed by atoms with Crippen LogP contribution in [0.5, 0.6) is 0 Å². The van der Waals surface area contributed by atoms with E-state index in [-0.39, 0.29) is 23.0 Å². The Kier molecular flexibility index (Phi) is 5.50. The molecule has 0 aliphatic carbocycles. The van der Waals surface area contributed by atoms with E-state index in [0.717, 1.165) is 15.1 Å². The molecule has 0 spiro atoms. The van der Waals surface area contributed by atoms with Crippen LogP contribution in [-0.4, -0.2) is 21.9 Å². The van der Waals surface area contributed by atoms with Gasteiger partial charge in [-0.05, 0) is 29.5 Å². The maximum atomic E-state index is 13.8. The first kappa shape index (κ1) is 20.7. The molecule has 2 aromatic heterocycles. The molecular weight excluding hydrogens is 437 g/mol. The molecule has 1 amide bonds. The van der Waals surface area contributed by atoms with Crippen LogP contribution in [0.25, 0.3) is 0 Å². The zero-order valence-electron chi connectivity index (χ0n) is 15.8. The molecule has 0 fully saturated rings. The fraction of sp³-hybridized carbons (Fsp3) is 0.300. The number of nitrogens with zero attached hydrogens (tertiary/aromatic N) is 2. The van der Waals surface area contributed by atoms with Crippen molar-refractivity contribution in [2.24, 2.45) is 0 Å². The molecule has 1 aliphatic rings. The number of benzene rings is 1. The summed E-state index contributed by atoms with van der Waals surface area (Å²) in [6, 6.07) is 8.29. The predicted molar refractivity (Wildman–Crippen MR) is 111 cm³/mol. The van der Waals surface area contributed by atoms with E-state index in [1.165, 1.54) is 11.3 Å². The number of hydrogen-bond acceptors (Lipinski definition) is 4. The highest BCUT2D eigenvalue weighted by Gasteiger charge is 2.48. The topological polar surface area (TPSA) is 59.0 Å². The fourth-order valence-corrected chi connectivity index (χ4v) is 4.60. The van der Waals surface area contributed by atoms with Gasteiger partial charge in [0.1, 0.15) is 10.8 Å². The van der Waals surface area contributed by atoms with E-state index >= 15 is 0 Å². The Morgan fingerprint density at radius 2 is 2.10 bits per heavy atom. The quantitative estimate of drug-likeness (QED) is 0.502. The maximum Gasteiger partial charge on any atom is 0.410 e. The summed E-state index contributed by atoms with van der Waals surface area (Å²) in [7, 11) is 0. The van der Waals surface area contributed by atoms with Crippen LogP contribution in [0, 0.1) is 0 Å². The monoisotopic (exact) mass is 454 g/mol. The lowest BCUT2D eigenvalue weighted by molar-refractivity contribution is -0.173. The van der Waals surface area contributed by atoms with Gasteiger partial charge in [0.05, 0.1) is 6.04 Å². The number of aryl methyl sites for hydroxylation is 1. The third kappa shape index (κ3) is 3.79. The molecule has 158 valence electrons. The van der Waals surface area contributed by atoms with E-state index in [1.54, 1.807) is 29.6 Å². The largest absolute Gasteiger partial charge is 0.410 e. The van der Waals surface area contributed by atoms with E-state index in [0.29, 0.717) is 12.1 Å². The summed E-state index contributed by atoms with van der Waals surface area (Å²) in [6.45, 7) is 1.94. The van der Waals surface area contributed by atoms with Gasteiger partial charge in [0.2, 0.25) is 0 Å². The van der Waals surface area contributed by atoms with Crippen LogP contribution in [0.3, 0.4) is 0 Å². The third-order valence-corrected chi connectivity index (χ3v) is 6.39. The van der Waals surface area contributed by atoms with Crippen molar-refractivity contribution in [3.05, 3.63) is 62.9 Å². The van der Waals surface area contributed by atoms with Crippen LogP contribution in [-0.2, 0) is 6.42 Å². The number of thiophene rings is 1. The van der Waals surface area contributed by atoms with E-state index in [4.69, 9.17) is 11.6 Å². The number of hydrogen-bond donors (Lipinski definition) is 2. The summed E-state index contributed by atoms with van der Waals surface area (Å²) in [5.74, 6) is -0.657. The third-order valence-electron chi connectivity index (χ3n) is 5.04. The number of para-hydroxylation sites is 1. The summed E-state index contributed by atoms with van der Waals surface area (Å²) in [6.07, 6.45) is -4.09. The number of alkyl halides is 3. The van der Waals surface area contributed by atoms with E-state index in [1.807, 2.05) is 19.1 Å². The molecule has 0 saturated carbocycles. The zero-order chi connectivity index (χ0) is 21.5. The first-order valence-electron chi connectivity index (χ1n) is 9.33. The van der Waals surface area contributed by atoms with Crippen molar-refractivity contribution >= 4 is 40.4 Å². The minimum absolute atomic E-state index is 0.00225. The van der Waals surface area contributed by atoms with Gasteiger partial charge >= 0.3 is 6.18 Å². The van der Waals surface area contributed by atoms with Crippen LogP contribution in [0.1, 0.15) is 46.4 Å². The van der Waals surface area contributed by atoms with E-state index in [2.05, 4.69) is 15.7 Å². The molecule has 3 aromatic rings. The second-order valence-electron chi connectivity index (χ2n) is 6.93. The van der Waals surface area contributed by atoms with Gasteiger partial charge in [0, 0.05) is 17.0 Å². The van der Waals surface area contributed by atoms with E-state index in [9.17, 15) is 18.0 Å². The highest BCUT2D eigenvalue weighted by Crippen LogP contribution is 2.46. The number of carbonyl (C=O) groups is 1. The van der Waals surface area contributed by atoms with Crippen LogP contribution in [0.4, 0.5) is 24.7 Å². The van der Waals surface area contributed by atoms with Crippen LogP contribution < -0.4 is 10.6 Å². The Morgan fingerprint density at radius 1 is 1.33 bits per heavy atom. The number of fused-ring (bicyclic) bond motifs is 1. The van der Waals surface area contributed by atoms with Gasteiger partial charge in [-0.1, -0.05) is 42.8 Å². The summed E-state index contributed by atoms with van der Waals surface area (Å²) < 4.78 is 42.2. The van der Waals surface area contributed by atoms with Crippen molar-refractivity contribution in [2.75, 3.05) is 10.6 Å². The molecule has 30 heavy (non-hydrogen) atoms. The van der Waals surface area contributed by atoms with Crippen molar-refractivity contribution in [3.8, 4) is 0 Å². The highest BCUT2D eigenvalue weighted by molar-refractivity contribution is 7.10. The Morgan fingerprint density at radius 3 is 2.77 bits per heavy atom. The predicted octanol–water partition coefficient (Wildman–Crippen LogP) is 6.07. The number of amides is 1. The number of rotatable bonds is 4. The Hall–Kier alpha value is -2.52. The smallest absolute Gasteiger partial charge is 0.361 e. The van der Waals surface area contributed by atoms with Crippen molar-refractivity contribution in [3.63, 3.8) is 0 Å². The van der Waals surface area contributed by atoms with Crippen molar-refractivity contribution in [1.82, 2.24) is 9.78 Å². The summed E-state index contributed by atoms with van der Waals surface area (Å²) in [5, 5.41) is 11.4. The van der Waals surface area contributed by atoms with Crippen LogP contribution in [0.15, 0.2) is 41.8 Å².